The molecule has 3 aromatic rings. The number of pyridine rings is 1. The average molecular weight is 449 g/mol. The molecule has 0 fully saturated rings. The van der Waals surface area contributed by atoms with Crippen molar-refractivity contribution in [2.45, 2.75) is 19.9 Å². The Hall–Kier alpha value is -3.21. The van der Waals surface area contributed by atoms with E-state index in [1.807, 2.05) is 13.0 Å². The number of hydrogen-bond donors (Lipinski definition) is 4. The Morgan fingerprint density at radius 3 is 2.77 bits per heavy atom. The molecular weight excluding hydrogens is 427 g/mol. The molecule has 0 unspecified atom stereocenters. The number of rotatable bonds is 9. The molecule has 164 valence electrons. The molecule has 0 saturated heterocycles. The number of nitrogens with zero attached hydrogens (tertiary/aromatic N) is 3. The lowest BCUT2D eigenvalue weighted by Gasteiger charge is -2.14. The number of halogens is 2. The summed E-state index contributed by atoms with van der Waals surface area (Å²) in [5, 5.41) is 20.0. The molecule has 2 aromatic heterocycles. The standard InChI is InChI=1S/C20H22ClFN6O3/c1-3-28-19(9-13(26-28)6-7-29)25-18-10-17(15(21)11-23-18)24-16-8-12(22)4-5-14(16)20(30)27-31-2/h4-5,8-11,29H,3,6-7H2,1-2H3,(H,27,30)(H2,23,24,25). The van der Waals surface area contributed by atoms with Crippen LogP contribution in [0.3, 0.4) is 0 Å². The third-order valence-corrected chi connectivity index (χ3v) is 4.60. The summed E-state index contributed by atoms with van der Waals surface area (Å²) in [6.07, 6.45) is 1.87. The van der Waals surface area contributed by atoms with Gasteiger partial charge in [0.25, 0.3) is 5.91 Å². The van der Waals surface area contributed by atoms with Gasteiger partial charge in [-0.15, -0.1) is 0 Å². The lowest BCUT2D eigenvalue weighted by Crippen LogP contribution is -2.22. The molecule has 0 atom stereocenters. The topological polar surface area (TPSA) is 113 Å². The van der Waals surface area contributed by atoms with E-state index in [1.54, 1.807) is 10.7 Å². The number of aryl methyl sites for hydroxylation is 1. The second-order valence-corrected chi connectivity index (χ2v) is 6.84. The van der Waals surface area contributed by atoms with Crippen molar-refractivity contribution in [2.75, 3.05) is 24.4 Å². The second-order valence-electron chi connectivity index (χ2n) is 6.43. The minimum atomic E-state index is -0.545. The number of nitrogens with one attached hydrogen (secondary N) is 3. The minimum Gasteiger partial charge on any atom is -0.396 e. The fourth-order valence-corrected chi connectivity index (χ4v) is 3.04. The normalized spacial score (nSPS) is 10.7. The highest BCUT2D eigenvalue weighted by Crippen LogP contribution is 2.30. The zero-order valence-electron chi connectivity index (χ0n) is 16.9. The molecule has 31 heavy (non-hydrogen) atoms. The van der Waals surface area contributed by atoms with Crippen LogP contribution in [-0.2, 0) is 17.8 Å². The van der Waals surface area contributed by atoms with Crippen LogP contribution in [0.4, 0.5) is 27.4 Å². The SMILES string of the molecule is CCn1nc(CCO)cc1Nc1cc(Nc2cc(F)ccc2C(=O)NOC)c(Cl)cn1. The summed E-state index contributed by atoms with van der Waals surface area (Å²) >= 11 is 6.27. The summed E-state index contributed by atoms with van der Waals surface area (Å²) in [6, 6.07) is 7.14. The highest BCUT2D eigenvalue weighted by molar-refractivity contribution is 6.33. The van der Waals surface area contributed by atoms with E-state index in [2.05, 4.69) is 31.0 Å². The van der Waals surface area contributed by atoms with E-state index in [-0.39, 0.29) is 22.9 Å². The number of amides is 1. The van der Waals surface area contributed by atoms with Gasteiger partial charge in [0, 0.05) is 31.7 Å². The monoisotopic (exact) mass is 448 g/mol. The maximum absolute atomic E-state index is 13.8. The fourth-order valence-electron chi connectivity index (χ4n) is 2.89. The van der Waals surface area contributed by atoms with E-state index in [1.165, 1.54) is 31.5 Å². The van der Waals surface area contributed by atoms with Crippen LogP contribution in [0, 0.1) is 5.82 Å². The fraction of sp³-hybridized carbons (Fsp3) is 0.250. The van der Waals surface area contributed by atoms with E-state index in [9.17, 15) is 9.18 Å². The van der Waals surface area contributed by atoms with Crippen LogP contribution in [-0.4, -0.2) is 39.5 Å². The average Bonchev–Trinajstić information content (AvgIpc) is 3.12. The van der Waals surface area contributed by atoms with E-state index >= 15 is 0 Å². The van der Waals surface area contributed by atoms with Gasteiger partial charge in [-0.25, -0.2) is 19.5 Å². The van der Waals surface area contributed by atoms with Crippen LogP contribution in [0.25, 0.3) is 0 Å². The first-order chi connectivity index (χ1) is 14.9. The van der Waals surface area contributed by atoms with Crippen molar-refractivity contribution >= 4 is 40.5 Å². The number of hydrogen-bond acceptors (Lipinski definition) is 7. The Bertz CT molecular complexity index is 1080. The first-order valence-corrected chi connectivity index (χ1v) is 9.83. The van der Waals surface area contributed by atoms with Gasteiger partial charge in [-0.1, -0.05) is 11.6 Å². The first kappa shape index (κ1) is 22.5. The van der Waals surface area contributed by atoms with Gasteiger partial charge >= 0.3 is 0 Å². The van der Waals surface area contributed by atoms with E-state index in [0.29, 0.717) is 30.3 Å². The predicted octanol–water partition coefficient (Wildman–Crippen LogP) is 3.40. The van der Waals surface area contributed by atoms with Crippen LogP contribution >= 0.6 is 11.6 Å². The van der Waals surface area contributed by atoms with Gasteiger partial charge in [0.1, 0.15) is 17.5 Å². The first-order valence-electron chi connectivity index (χ1n) is 9.45. The summed E-state index contributed by atoms with van der Waals surface area (Å²) in [6.45, 7) is 2.56. The van der Waals surface area contributed by atoms with Crippen LogP contribution in [0.5, 0.6) is 0 Å². The zero-order chi connectivity index (χ0) is 22.4. The zero-order valence-corrected chi connectivity index (χ0v) is 17.7. The van der Waals surface area contributed by atoms with Gasteiger partial charge in [-0.2, -0.15) is 5.10 Å². The molecule has 0 radical (unpaired) electrons. The predicted molar refractivity (Wildman–Crippen MR) is 115 cm³/mol. The summed E-state index contributed by atoms with van der Waals surface area (Å²) in [5.74, 6) is 0.0778. The van der Waals surface area contributed by atoms with Crippen molar-refractivity contribution in [3.63, 3.8) is 0 Å². The highest BCUT2D eigenvalue weighted by Gasteiger charge is 2.15. The van der Waals surface area contributed by atoms with Crippen LogP contribution in [0.1, 0.15) is 23.0 Å². The van der Waals surface area contributed by atoms with Gasteiger partial charge in [-0.05, 0) is 25.1 Å². The van der Waals surface area contributed by atoms with Crippen LogP contribution in [0.15, 0.2) is 36.5 Å². The number of anilines is 4. The number of carbonyl (C=O) groups is 1. The molecule has 0 saturated carbocycles. The quantitative estimate of drug-likeness (QED) is 0.371. The van der Waals surface area contributed by atoms with Gasteiger partial charge in [0.15, 0.2) is 0 Å². The smallest absolute Gasteiger partial charge is 0.276 e. The molecule has 2 heterocycles. The second kappa shape index (κ2) is 10.2. The van der Waals surface area contributed by atoms with Crippen molar-refractivity contribution in [3.05, 3.63) is 58.6 Å². The number of benzene rings is 1. The Balaban J connectivity index is 1.89. The number of aliphatic hydroxyl groups excluding tert-OH is 1. The molecule has 0 spiro atoms. The van der Waals surface area contributed by atoms with Crippen LogP contribution in [0.2, 0.25) is 5.02 Å². The Morgan fingerprint density at radius 1 is 1.26 bits per heavy atom. The molecule has 1 amide bonds. The van der Waals surface area contributed by atoms with Gasteiger partial charge in [0.2, 0.25) is 0 Å². The summed E-state index contributed by atoms with van der Waals surface area (Å²) in [5.41, 5.74) is 3.74. The lowest BCUT2D eigenvalue weighted by atomic mass is 10.1. The minimum absolute atomic E-state index is 0.0000475. The molecule has 11 heteroatoms. The molecule has 0 aliphatic heterocycles. The number of aromatic nitrogens is 3. The van der Waals surface area contributed by atoms with Crippen molar-refractivity contribution in [1.82, 2.24) is 20.2 Å². The Morgan fingerprint density at radius 2 is 2.06 bits per heavy atom. The molecule has 1 aromatic carbocycles. The van der Waals surface area contributed by atoms with E-state index < -0.39 is 11.7 Å². The van der Waals surface area contributed by atoms with Gasteiger partial charge < -0.3 is 15.7 Å². The molecule has 4 N–H and O–H groups in total. The summed E-state index contributed by atoms with van der Waals surface area (Å²) in [7, 11) is 1.30. The molecule has 0 aliphatic carbocycles. The number of aliphatic hydroxyl groups is 1. The third kappa shape index (κ3) is 5.48. The number of carbonyl (C=O) groups excluding carboxylic acids is 1. The van der Waals surface area contributed by atoms with Crippen molar-refractivity contribution < 1.29 is 19.1 Å². The summed E-state index contributed by atoms with van der Waals surface area (Å²) < 4.78 is 15.6. The van der Waals surface area contributed by atoms with Gasteiger partial charge in [-0.3, -0.25) is 9.63 Å². The van der Waals surface area contributed by atoms with Crippen molar-refractivity contribution in [3.8, 4) is 0 Å². The van der Waals surface area contributed by atoms with Crippen molar-refractivity contribution in [2.24, 2.45) is 0 Å². The third-order valence-electron chi connectivity index (χ3n) is 4.30. The van der Waals surface area contributed by atoms with E-state index in [0.717, 1.165) is 5.69 Å². The lowest BCUT2D eigenvalue weighted by molar-refractivity contribution is 0.0538. The highest BCUT2D eigenvalue weighted by atomic mass is 35.5. The maximum Gasteiger partial charge on any atom is 0.276 e. The van der Waals surface area contributed by atoms with Crippen molar-refractivity contribution in [1.29, 1.82) is 0 Å². The summed E-state index contributed by atoms with van der Waals surface area (Å²) in [4.78, 5) is 21.1. The van der Waals surface area contributed by atoms with E-state index in [4.69, 9.17) is 16.7 Å². The molecule has 0 bridgehead atoms. The molecule has 3 rings (SSSR count). The number of hydroxylamine groups is 1. The Labute approximate surface area is 183 Å². The van der Waals surface area contributed by atoms with Gasteiger partial charge in [0.05, 0.1) is 41.0 Å². The molecular formula is C20H22ClFN6O3. The largest absolute Gasteiger partial charge is 0.396 e. The maximum atomic E-state index is 13.8. The Kier molecular flexibility index (Phi) is 7.40. The van der Waals surface area contributed by atoms with Crippen LogP contribution < -0.4 is 16.1 Å². The molecule has 0 aliphatic rings. The molecule has 9 nitrogen and oxygen atoms in total.